The number of nitrogen functional groups attached to an aromatic ring is 1. The van der Waals surface area contributed by atoms with Gasteiger partial charge in [0.2, 0.25) is 0 Å². The predicted octanol–water partition coefficient (Wildman–Crippen LogP) is 3.18. The molecule has 1 aromatic heterocycles. The fraction of sp³-hybridized carbons (Fsp3) is 0.571. The minimum absolute atomic E-state index is 0.0595. The largest absolute Gasteiger partial charge is 0.459 e. The molecule has 1 heterocycles. The molecule has 1 aromatic rings. The Morgan fingerprint density at radius 2 is 2.17 bits per heavy atom. The first kappa shape index (κ1) is 14.5. The highest BCUT2D eigenvalue weighted by Crippen LogP contribution is 2.11. The standard InChI is InChI=1S/C14H22N2O2/c1-3-4-5-6-7-11(2)18-14(17)12-8-13(15)10-16-9-12/h8-11H,3-7,15H2,1-2H3. The maximum Gasteiger partial charge on any atom is 0.340 e. The van der Waals surface area contributed by atoms with Crippen molar-refractivity contribution in [2.45, 2.75) is 52.1 Å². The van der Waals surface area contributed by atoms with Gasteiger partial charge in [0.1, 0.15) is 0 Å². The highest BCUT2D eigenvalue weighted by Gasteiger charge is 2.12. The van der Waals surface area contributed by atoms with Gasteiger partial charge in [-0.15, -0.1) is 0 Å². The van der Waals surface area contributed by atoms with Crippen LogP contribution in [-0.2, 0) is 4.74 Å². The summed E-state index contributed by atoms with van der Waals surface area (Å²) in [6.45, 7) is 4.10. The van der Waals surface area contributed by atoms with Crippen molar-refractivity contribution < 1.29 is 9.53 Å². The van der Waals surface area contributed by atoms with Gasteiger partial charge in [-0.3, -0.25) is 4.98 Å². The van der Waals surface area contributed by atoms with E-state index in [4.69, 9.17) is 10.5 Å². The van der Waals surface area contributed by atoms with Gasteiger partial charge in [0.25, 0.3) is 0 Å². The molecule has 0 aliphatic rings. The molecule has 0 saturated heterocycles. The average Bonchev–Trinajstić information content (AvgIpc) is 2.34. The zero-order chi connectivity index (χ0) is 13.4. The number of rotatable bonds is 7. The SMILES string of the molecule is CCCCCCC(C)OC(=O)c1cncc(N)c1. The number of nitrogens with two attached hydrogens (primary N) is 1. The molecule has 100 valence electrons. The molecule has 0 aliphatic carbocycles. The summed E-state index contributed by atoms with van der Waals surface area (Å²) in [5.41, 5.74) is 6.46. The highest BCUT2D eigenvalue weighted by molar-refractivity contribution is 5.90. The topological polar surface area (TPSA) is 65.2 Å². The second-order valence-corrected chi connectivity index (χ2v) is 4.57. The monoisotopic (exact) mass is 250 g/mol. The van der Waals surface area contributed by atoms with Gasteiger partial charge in [-0.2, -0.15) is 0 Å². The smallest absolute Gasteiger partial charge is 0.340 e. The van der Waals surface area contributed by atoms with Crippen LogP contribution in [0.4, 0.5) is 5.69 Å². The van der Waals surface area contributed by atoms with Crippen molar-refractivity contribution in [2.75, 3.05) is 5.73 Å². The van der Waals surface area contributed by atoms with Gasteiger partial charge in [-0.25, -0.2) is 4.79 Å². The summed E-state index contributed by atoms with van der Waals surface area (Å²) in [6.07, 6.45) is 8.56. The van der Waals surface area contributed by atoms with Crippen molar-refractivity contribution in [3.8, 4) is 0 Å². The van der Waals surface area contributed by atoms with E-state index in [2.05, 4.69) is 11.9 Å². The van der Waals surface area contributed by atoms with Crippen LogP contribution in [0.5, 0.6) is 0 Å². The number of nitrogens with zero attached hydrogens (tertiary/aromatic N) is 1. The molecule has 0 fully saturated rings. The summed E-state index contributed by atoms with van der Waals surface area (Å²) in [5, 5.41) is 0. The number of ether oxygens (including phenoxy) is 1. The molecule has 0 aromatic carbocycles. The number of esters is 1. The van der Waals surface area contributed by atoms with Gasteiger partial charge < -0.3 is 10.5 Å². The summed E-state index contributed by atoms with van der Waals surface area (Å²) >= 11 is 0. The molecular weight excluding hydrogens is 228 g/mol. The number of hydrogen-bond donors (Lipinski definition) is 1. The number of carbonyl (C=O) groups excluding carboxylic acids is 1. The molecule has 0 bridgehead atoms. The van der Waals surface area contributed by atoms with E-state index in [1.54, 1.807) is 6.07 Å². The molecule has 4 heteroatoms. The Hall–Kier alpha value is -1.58. The van der Waals surface area contributed by atoms with Crippen molar-refractivity contribution in [3.05, 3.63) is 24.0 Å². The minimum Gasteiger partial charge on any atom is -0.459 e. The van der Waals surface area contributed by atoms with Gasteiger partial charge in [0.05, 0.1) is 17.4 Å². The molecular formula is C14H22N2O2. The summed E-state index contributed by atoms with van der Waals surface area (Å²) in [7, 11) is 0. The van der Waals surface area contributed by atoms with Crippen molar-refractivity contribution in [3.63, 3.8) is 0 Å². The Morgan fingerprint density at radius 1 is 1.39 bits per heavy atom. The summed E-state index contributed by atoms with van der Waals surface area (Å²) in [6, 6.07) is 1.58. The third-order valence-electron chi connectivity index (χ3n) is 2.77. The molecule has 0 radical (unpaired) electrons. The Bertz CT molecular complexity index is 380. The first-order valence-corrected chi connectivity index (χ1v) is 6.55. The Morgan fingerprint density at radius 3 is 2.83 bits per heavy atom. The maximum absolute atomic E-state index is 11.8. The first-order chi connectivity index (χ1) is 8.63. The zero-order valence-corrected chi connectivity index (χ0v) is 11.2. The second kappa shape index (κ2) is 7.69. The normalized spacial score (nSPS) is 12.1. The molecule has 0 amide bonds. The van der Waals surface area contributed by atoms with E-state index >= 15 is 0 Å². The molecule has 0 saturated carbocycles. The van der Waals surface area contributed by atoms with E-state index < -0.39 is 0 Å². The van der Waals surface area contributed by atoms with E-state index in [1.165, 1.54) is 31.7 Å². The van der Waals surface area contributed by atoms with Crippen LogP contribution in [0.3, 0.4) is 0 Å². The number of carbonyl (C=O) groups is 1. The van der Waals surface area contributed by atoms with E-state index in [1.807, 2.05) is 6.92 Å². The quantitative estimate of drug-likeness (QED) is 0.596. The number of anilines is 1. The molecule has 4 nitrogen and oxygen atoms in total. The Labute approximate surface area is 109 Å². The Balaban J connectivity index is 2.35. The fourth-order valence-corrected chi connectivity index (χ4v) is 1.74. The van der Waals surface area contributed by atoms with E-state index in [0.717, 1.165) is 12.8 Å². The minimum atomic E-state index is -0.349. The molecule has 0 aliphatic heterocycles. The lowest BCUT2D eigenvalue weighted by molar-refractivity contribution is 0.0319. The van der Waals surface area contributed by atoms with Crippen LogP contribution >= 0.6 is 0 Å². The van der Waals surface area contributed by atoms with Crippen LogP contribution in [0.15, 0.2) is 18.5 Å². The van der Waals surface area contributed by atoms with Crippen molar-refractivity contribution >= 4 is 11.7 Å². The maximum atomic E-state index is 11.8. The van der Waals surface area contributed by atoms with Gasteiger partial charge in [-0.1, -0.05) is 26.2 Å². The summed E-state index contributed by atoms with van der Waals surface area (Å²) < 4.78 is 5.34. The van der Waals surface area contributed by atoms with Crippen molar-refractivity contribution in [1.82, 2.24) is 4.98 Å². The third-order valence-corrected chi connectivity index (χ3v) is 2.77. The first-order valence-electron chi connectivity index (χ1n) is 6.55. The van der Waals surface area contributed by atoms with Crippen molar-refractivity contribution in [2.24, 2.45) is 0 Å². The van der Waals surface area contributed by atoms with E-state index in [-0.39, 0.29) is 12.1 Å². The molecule has 1 rings (SSSR count). The lowest BCUT2D eigenvalue weighted by Gasteiger charge is -2.13. The molecule has 2 N–H and O–H groups in total. The fourth-order valence-electron chi connectivity index (χ4n) is 1.74. The van der Waals surface area contributed by atoms with Crippen LogP contribution in [0.25, 0.3) is 0 Å². The molecule has 1 unspecified atom stereocenters. The second-order valence-electron chi connectivity index (χ2n) is 4.57. The number of aromatic nitrogens is 1. The van der Waals surface area contributed by atoms with Crippen LogP contribution in [-0.4, -0.2) is 17.1 Å². The molecule has 0 spiro atoms. The number of hydrogen-bond acceptors (Lipinski definition) is 4. The molecule has 18 heavy (non-hydrogen) atoms. The van der Waals surface area contributed by atoms with Crippen LogP contribution in [0.2, 0.25) is 0 Å². The number of pyridine rings is 1. The molecule has 1 atom stereocenters. The zero-order valence-electron chi connectivity index (χ0n) is 11.2. The summed E-state index contributed by atoms with van der Waals surface area (Å²) in [4.78, 5) is 15.7. The van der Waals surface area contributed by atoms with E-state index in [9.17, 15) is 4.79 Å². The van der Waals surface area contributed by atoms with Gasteiger partial charge in [-0.05, 0) is 25.8 Å². The van der Waals surface area contributed by atoms with Gasteiger partial charge in [0, 0.05) is 12.4 Å². The van der Waals surface area contributed by atoms with Crippen LogP contribution < -0.4 is 5.73 Å². The van der Waals surface area contributed by atoms with E-state index in [0.29, 0.717) is 11.3 Å². The highest BCUT2D eigenvalue weighted by atomic mass is 16.5. The lowest BCUT2D eigenvalue weighted by Crippen LogP contribution is -2.15. The van der Waals surface area contributed by atoms with Crippen LogP contribution in [0, 0.1) is 0 Å². The van der Waals surface area contributed by atoms with Gasteiger partial charge >= 0.3 is 5.97 Å². The predicted molar refractivity (Wildman–Crippen MR) is 72.3 cm³/mol. The summed E-state index contributed by atoms with van der Waals surface area (Å²) in [5.74, 6) is -0.349. The van der Waals surface area contributed by atoms with Crippen molar-refractivity contribution in [1.29, 1.82) is 0 Å². The average molecular weight is 250 g/mol. The van der Waals surface area contributed by atoms with Gasteiger partial charge in [0.15, 0.2) is 0 Å². The third kappa shape index (κ3) is 5.17. The Kier molecular flexibility index (Phi) is 6.19. The lowest BCUT2D eigenvalue weighted by atomic mass is 10.1. The van der Waals surface area contributed by atoms with Crippen LogP contribution in [0.1, 0.15) is 56.3 Å². The number of unbranched alkanes of at least 4 members (excludes halogenated alkanes) is 3.